The van der Waals surface area contributed by atoms with Gasteiger partial charge in [0.05, 0.1) is 17.7 Å². The molecule has 3 aromatic rings. The lowest BCUT2D eigenvalue weighted by atomic mass is 10.2. The van der Waals surface area contributed by atoms with E-state index >= 15 is 0 Å². The fourth-order valence-corrected chi connectivity index (χ4v) is 2.69. The molecule has 7 heteroatoms. The van der Waals surface area contributed by atoms with Crippen LogP contribution in [-0.4, -0.2) is 18.0 Å². The Balaban J connectivity index is 1.60. The summed E-state index contributed by atoms with van der Waals surface area (Å²) in [4.78, 5) is 16.5. The van der Waals surface area contributed by atoms with Crippen LogP contribution in [0.25, 0.3) is 0 Å². The fraction of sp³-hybridized carbons (Fsp3) is 0.100. The standard InChI is InChI=1S/C20H16Cl2N2O3/c1-26-15-3-2-4-16(10-15)27-19-8-5-13(11-23-19)12-24-20(25)17-9-14(21)6-7-18(17)22/h2-11H,12H2,1H3,(H,24,25). The molecule has 2 aromatic carbocycles. The van der Waals surface area contributed by atoms with Gasteiger partial charge in [0.2, 0.25) is 5.88 Å². The summed E-state index contributed by atoms with van der Waals surface area (Å²) in [5.74, 6) is 1.46. The SMILES string of the molecule is COc1cccc(Oc2ccc(CNC(=O)c3cc(Cl)ccc3Cl)cn2)c1. The predicted molar refractivity (Wildman–Crippen MR) is 105 cm³/mol. The van der Waals surface area contributed by atoms with Crippen molar-refractivity contribution in [2.75, 3.05) is 7.11 Å². The smallest absolute Gasteiger partial charge is 0.253 e. The highest BCUT2D eigenvalue weighted by Crippen LogP contribution is 2.24. The van der Waals surface area contributed by atoms with Crippen LogP contribution in [0.5, 0.6) is 17.4 Å². The first-order chi connectivity index (χ1) is 13.0. The van der Waals surface area contributed by atoms with Gasteiger partial charge in [-0.3, -0.25) is 4.79 Å². The molecule has 0 spiro atoms. The minimum absolute atomic E-state index is 0.300. The van der Waals surface area contributed by atoms with Gasteiger partial charge in [0.1, 0.15) is 11.5 Å². The molecule has 0 fully saturated rings. The highest BCUT2D eigenvalue weighted by molar-refractivity contribution is 6.35. The van der Waals surface area contributed by atoms with Gasteiger partial charge in [0, 0.05) is 29.9 Å². The molecule has 138 valence electrons. The predicted octanol–water partition coefficient (Wildman–Crippen LogP) is 5.12. The quantitative estimate of drug-likeness (QED) is 0.621. The zero-order valence-corrected chi connectivity index (χ0v) is 15.9. The van der Waals surface area contributed by atoms with Crippen LogP contribution >= 0.6 is 23.2 Å². The van der Waals surface area contributed by atoms with Crippen LogP contribution < -0.4 is 14.8 Å². The van der Waals surface area contributed by atoms with Crippen molar-refractivity contribution in [3.63, 3.8) is 0 Å². The largest absolute Gasteiger partial charge is 0.497 e. The molecule has 0 aliphatic carbocycles. The van der Waals surface area contributed by atoms with E-state index in [1.165, 1.54) is 6.07 Å². The Hall–Kier alpha value is -2.76. The molecule has 1 amide bonds. The molecule has 0 aliphatic rings. The van der Waals surface area contributed by atoms with E-state index in [2.05, 4.69) is 10.3 Å². The molecule has 0 atom stereocenters. The normalized spacial score (nSPS) is 10.3. The first kappa shape index (κ1) is 19.0. The average molecular weight is 403 g/mol. The molecule has 1 aromatic heterocycles. The second kappa shape index (κ2) is 8.75. The van der Waals surface area contributed by atoms with Gasteiger partial charge in [-0.15, -0.1) is 0 Å². The summed E-state index contributed by atoms with van der Waals surface area (Å²) in [5, 5.41) is 3.58. The van der Waals surface area contributed by atoms with Gasteiger partial charge in [-0.2, -0.15) is 0 Å². The van der Waals surface area contributed by atoms with E-state index in [-0.39, 0.29) is 5.91 Å². The van der Waals surface area contributed by atoms with Crippen LogP contribution in [0.15, 0.2) is 60.8 Å². The first-order valence-electron chi connectivity index (χ1n) is 8.05. The van der Waals surface area contributed by atoms with Gasteiger partial charge in [-0.05, 0) is 35.9 Å². The molecule has 3 rings (SSSR count). The average Bonchev–Trinajstić information content (AvgIpc) is 2.69. The third-order valence-electron chi connectivity index (χ3n) is 3.69. The lowest BCUT2D eigenvalue weighted by Crippen LogP contribution is -2.23. The van der Waals surface area contributed by atoms with E-state index in [1.807, 2.05) is 24.3 Å². The van der Waals surface area contributed by atoms with Crippen molar-refractivity contribution < 1.29 is 14.3 Å². The molecule has 5 nitrogen and oxygen atoms in total. The molecule has 0 saturated carbocycles. The summed E-state index contributed by atoms with van der Waals surface area (Å²) in [6.07, 6.45) is 1.63. The number of nitrogens with zero attached hydrogens (tertiary/aromatic N) is 1. The number of aromatic nitrogens is 1. The Kier molecular flexibility index (Phi) is 6.16. The second-order valence-electron chi connectivity index (χ2n) is 5.59. The summed E-state index contributed by atoms with van der Waals surface area (Å²) in [5.41, 5.74) is 1.15. The van der Waals surface area contributed by atoms with Crippen LogP contribution in [-0.2, 0) is 6.54 Å². The van der Waals surface area contributed by atoms with Crippen molar-refractivity contribution >= 4 is 29.1 Å². The van der Waals surface area contributed by atoms with Crippen molar-refractivity contribution in [3.8, 4) is 17.4 Å². The number of benzene rings is 2. The van der Waals surface area contributed by atoms with Crippen LogP contribution in [0.2, 0.25) is 10.0 Å². The van der Waals surface area contributed by atoms with Crippen molar-refractivity contribution in [1.29, 1.82) is 0 Å². The Bertz CT molecular complexity index is 946. The molecule has 0 bridgehead atoms. The van der Waals surface area contributed by atoms with Gasteiger partial charge in [0.25, 0.3) is 5.91 Å². The highest BCUT2D eigenvalue weighted by atomic mass is 35.5. The summed E-state index contributed by atoms with van der Waals surface area (Å²) in [7, 11) is 1.59. The van der Waals surface area contributed by atoms with Crippen LogP contribution in [0.4, 0.5) is 0 Å². The third-order valence-corrected chi connectivity index (χ3v) is 4.25. The summed E-state index contributed by atoms with van der Waals surface area (Å²) >= 11 is 11.9. The third kappa shape index (κ3) is 5.12. The number of carbonyl (C=O) groups excluding carboxylic acids is 1. The van der Waals surface area contributed by atoms with E-state index in [0.717, 1.165) is 5.56 Å². The molecule has 0 aliphatic heterocycles. The number of hydrogen-bond donors (Lipinski definition) is 1. The maximum Gasteiger partial charge on any atom is 0.253 e. The van der Waals surface area contributed by atoms with Crippen LogP contribution in [0, 0.1) is 0 Å². The summed E-state index contributed by atoms with van der Waals surface area (Å²) < 4.78 is 10.8. The molecule has 1 N–H and O–H groups in total. The van der Waals surface area contributed by atoms with Crippen molar-refractivity contribution in [2.45, 2.75) is 6.54 Å². The zero-order valence-electron chi connectivity index (χ0n) is 14.4. The molecule has 0 radical (unpaired) electrons. The van der Waals surface area contributed by atoms with Gasteiger partial charge in [-0.1, -0.05) is 35.3 Å². The van der Waals surface area contributed by atoms with E-state index in [1.54, 1.807) is 37.6 Å². The zero-order chi connectivity index (χ0) is 19.2. The van der Waals surface area contributed by atoms with Crippen molar-refractivity contribution in [1.82, 2.24) is 10.3 Å². The molecule has 0 saturated heterocycles. The number of hydrogen-bond acceptors (Lipinski definition) is 4. The van der Waals surface area contributed by atoms with Crippen LogP contribution in [0.1, 0.15) is 15.9 Å². The topological polar surface area (TPSA) is 60.5 Å². The summed E-state index contributed by atoms with van der Waals surface area (Å²) in [6.45, 7) is 0.300. The first-order valence-corrected chi connectivity index (χ1v) is 8.81. The Morgan fingerprint density at radius 3 is 2.63 bits per heavy atom. The summed E-state index contributed by atoms with van der Waals surface area (Å²) in [6, 6.07) is 15.5. The van der Waals surface area contributed by atoms with Gasteiger partial charge in [0.15, 0.2) is 0 Å². The molecular weight excluding hydrogens is 387 g/mol. The van der Waals surface area contributed by atoms with Crippen LogP contribution in [0.3, 0.4) is 0 Å². The fourth-order valence-electron chi connectivity index (χ4n) is 2.31. The maximum absolute atomic E-state index is 12.2. The lowest BCUT2D eigenvalue weighted by Gasteiger charge is -2.09. The number of pyridine rings is 1. The molecular formula is C20H16Cl2N2O3. The number of ether oxygens (including phenoxy) is 2. The minimum atomic E-state index is -0.306. The number of amides is 1. The van der Waals surface area contributed by atoms with Gasteiger partial charge < -0.3 is 14.8 Å². The highest BCUT2D eigenvalue weighted by Gasteiger charge is 2.11. The Morgan fingerprint density at radius 2 is 1.89 bits per heavy atom. The van der Waals surface area contributed by atoms with Gasteiger partial charge in [-0.25, -0.2) is 4.98 Å². The van der Waals surface area contributed by atoms with E-state index in [4.69, 9.17) is 32.7 Å². The number of rotatable bonds is 6. The van der Waals surface area contributed by atoms with Gasteiger partial charge >= 0.3 is 0 Å². The molecule has 0 unspecified atom stereocenters. The number of nitrogens with one attached hydrogen (secondary N) is 1. The second-order valence-corrected chi connectivity index (χ2v) is 6.44. The molecule has 27 heavy (non-hydrogen) atoms. The van der Waals surface area contributed by atoms with Crippen molar-refractivity contribution in [3.05, 3.63) is 82.0 Å². The Labute approximate surface area is 166 Å². The Morgan fingerprint density at radius 1 is 1.07 bits per heavy atom. The number of halogens is 2. The van der Waals surface area contributed by atoms with Crippen molar-refractivity contribution in [2.24, 2.45) is 0 Å². The lowest BCUT2D eigenvalue weighted by molar-refractivity contribution is 0.0951. The van der Waals surface area contributed by atoms with E-state index in [0.29, 0.717) is 39.5 Å². The van der Waals surface area contributed by atoms with E-state index < -0.39 is 0 Å². The number of carbonyl (C=O) groups is 1. The number of methoxy groups -OCH3 is 1. The molecule has 1 heterocycles. The monoisotopic (exact) mass is 402 g/mol. The van der Waals surface area contributed by atoms with E-state index in [9.17, 15) is 4.79 Å². The maximum atomic E-state index is 12.2. The minimum Gasteiger partial charge on any atom is -0.497 e.